The van der Waals surface area contributed by atoms with Crippen molar-refractivity contribution >= 4 is 44.8 Å². The van der Waals surface area contributed by atoms with Gasteiger partial charge in [-0.3, -0.25) is 9.52 Å². The van der Waals surface area contributed by atoms with Gasteiger partial charge in [0.1, 0.15) is 0 Å². The van der Waals surface area contributed by atoms with Crippen molar-refractivity contribution in [1.82, 2.24) is 15.1 Å². The first-order chi connectivity index (χ1) is 15.3. The Hall–Kier alpha value is -1.84. The number of benzene rings is 2. The van der Waals surface area contributed by atoms with Crippen LogP contribution in [0.2, 0.25) is 10.0 Å². The van der Waals surface area contributed by atoms with Crippen molar-refractivity contribution in [3.8, 4) is 0 Å². The summed E-state index contributed by atoms with van der Waals surface area (Å²) in [4.78, 5) is 17.3. The number of sulfonamides is 1. The van der Waals surface area contributed by atoms with Crippen LogP contribution in [0.5, 0.6) is 0 Å². The summed E-state index contributed by atoms with van der Waals surface area (Å²) in [7, 11) is -3.87. The third-order valence-corrected chi connectivity index (χ3v) is 7.55. The van der Waals surface area contributed by atoms with Crippen molar-refractivity contribution in [3.63, 3.8) is 0 Å². The molecule has 1 saturated heterocycles. The molecule has 0 bridgehead atoms. The molecule has 32 heavy (non-hydrogen) atoms. The van der Waals surface area contributed by atoms with E-state index in [2.05, 4.69) is 26.8 Å². The maximum Gasteiger partial charge on any atom is 0.261 e. The van der Waals surface area contributed by atoms with Gasteiger partial charge in [-0.15, -0.1) is 0 Å². The van der Waals surface area contributed by atoms with E-state index in [1.54, 1.807) is 18.2 Å². The topological polar surface area (TPSA) is 81.8 Å². The SMILES string of the molecule is CCN1CCN(CCCNC(=O)c2cccc(NS(=O)(=O)c3ccc(Cl)c(Cl)c3)c2)CC1. The second kappa shape index (κ2) is 11.3. The number of rotatable bonds is 9. The second-order valence-corrected chi connectivity index (χ2v) is 10.1. The van der Waals surface area contributed by atoms with Gasteiger partial charge in [0.2, 0.25) is 0 Å². The van der Waals surface area contributed by atoms with Gasteiger partial charge in [-0.2, -0.15) is 0 Å². The van der Waals surface area contributed by atoms with Crippen LogP contribution < -0.4 is 10.0 Å². The fourth-order valence-electron chi connectivity index (χ4n) is 3.52. The molecule has 0 unspecified atom stereocenters. The van der Waals surface area contributed by atoms with Gasteiger partial charge in [0.25, 0.3) is 15.9 Å². The molecular weight excluding hydrogens is 471 g/mol. The number of hydrogen-bond donors (Lipinski definition) is 2. The highest BCUT2D eigenvalue weighted by Crippen LogP contribution is 2.26. The molecule has 7 nitrogen and oxygen atoms in total. The summed E-state index contributed by atoms with van der Waals surface area (Å²) in [6, 6.07) is 10.5. The molecule has 1 aliphatic heterocycles. The zero-order chi connectivity index (χ0) is 23.1. The first-order valence-electron chi connectivity index (χ1n) is 10.6. The Morgan fingerprint density at radius 2 is 1.72 bits per heavy atom. The Morgan fingerprint density at radius 1 is 1.00 bits per heavy atom. The third-order valence-electron chi connectivity index (χ3n) is 5.43. The molecule has 1 heterocycles. The van der Waals surface area contributed by atoms with Gasteiger partial charge >= 0.3 is 0 Å². The van der Waals surface area contributed by atoms with Crippen molar-refractivity contribution in [2.24, 2.45) is 0 Å². The minimum atomic E-state index is -3.87. The highest BCUT2D eigenvalue weighted by atomic mass is 35.5. The number of piperazine rings is 1. The van der Waals surface area contributed by atoms with Crippen LogP contribution in [0.3, 0.4) is 0 Å². The van der Waals surface area contributed by atoms with Gasteiger partial charge in [0.15, 0.2) is 0 Å². The molecule has 0 aliphatic carbocycles. The maximum absolute atomic E-state index is 12.6. The van der Waals surface area contributed by atoms with Crippen molar-refractivity contribution in [3.05, 3.63) is 58.1 Å². The average Bonchev–Trinajstić information content (AvgIpc) is 2.78. The van der Waals surface area contributed by atoms with E-state index in [0.29, 0.717) is 12.1 Å². The lowest BCUT2D eigenvalue weighted by atomic mass is 10.2. The Balaban J connectivity index is 1.51. The summed E-state index contributed by atoms with van der Waals surface area (Å²) < 4.78 is 27.7. The molecule has 1 amide bonds. The summed E-state index contributed by atoms with van der Waals surface area (Å²) in [5.41, 5.74) is 0.674. The average molecular weight is 499 g/mol. The maximum atomic E-state index is 12.6. The van der Waals surface area contributed by atoms with E-state index < -0.39 is 10.0 Å². The van der Waals surface area contributed by atoms with Crippen molar-refractivity contribution in [1.29, 1.82) is 0 Å². The van der Waals surface area contributed by atoms with Crippen molar-refractivity contribution < 1.29 is 13.2 Å². The van der Waals surface area contributed by atoms with E-state index in [1.807, 2.05) is 0 Å². The van der Waals surface area contributed by atoms with E-state index in [0.717, 1.165) is 45.7 Å². The molecule has 0 atom stereocenters. The van der Waals surface area contributed by atoms with Crippen molar-refractivity contribution in [2.45, 2.75) is 18.2 Å². The van der Waals surface area contributed by atoms with Crippen LogP contribution in [0.1, 0.15) is 23.7 Å². The lowest BCUT2D eigenvalue weighted by Gasteiger charge is -2.33. The van der Waals surface area contributed by atoms with Crippen LogP contribution in [0, 0.1) is 0 Å². The number of halogens is 2. The second-order valence-electron chi connectivity index (χ2n) is 7.65. The van der Waals surface area contributed by atoms with E-state index in [1.165, 1.54) is 24.3 Å². The first kappa shape index (κ1) is 24.8. The number of carbonyl (C=O) groups excluding carboxylic acids is 1. The Morgan fingerprint density at radius 3 is 2.41 bits per heavy atom. The van der Waals surface area contributed by atoms with Crippen LogP contribution >= 0.6 is 23.2 Å². The third kappa shape index (κ3) is 6.83. The fraction of sp³-hybridized carbons (Fsp3) is 0.409. The summed E-state index contributed by atoms with van der Waals surface area (Å²) >= 11 is 11.8. The molecular formula is C22H28Cl2N4O3S. The lowest BCUT2D eigenvalue weighted by molar-refractivity contribution is 0.0948. The molecule has 2 N–H and O–H groups in total. The number of amides is 1. The first-order valence-corrected chi connectivity index (χ1v) is 12.8. The predicted octanol–water partition coefficient (Wildman–Crippen LogP) is 3.55. The minimum absolute atomic E-state index is 0.0125. The van der Waals surface area contributed by atoms with E-state index in [9.17, 15) is 13.2 Å². The van der Waals surface area contributed by atoms with Crippen LogP contribution in [0.4, 0.5) is 5.69 Å². The number of likely N-dealkylation sites (N-methyl/N-ethyl adjacent to an activating group) is 1. The number of nitrogens with one attached hydrogen (secondary N) is 2. The molecule has 10 heteroatoms. The molecule has 1 aliphatic rings. The molecule has 2 aromatic carbocycles. The van der Waals surface area contributed by atoms with Crippen LogP contribution in [0.15, 0.2) is 47.4 Å². The molecule has 2 aromatic rings. The molecule has 174 valence electrons. The van der Waals surface area contributed by atoms with Crippen LogP contribution in [-0.2, 0) is 10.0 Å². The van der Waals surface area contributed by atoms with Gasteiger partial charge < -0.3 is 15.1 Å². The number of hydrogen-bond acceptors (Lipinski definition) is 5. The molecule has 0 spiro atoms. The van der Waals surface area contributed by atoms with E-state index in [4.69, 9.17) is 23.2 Å². The molecule has 3 rings (SSSR count). The highest BCUT2D eigenvalue weighted by Gasteiger charge is 2.17. The smallest absolute Gasteiger partial charge is 0.261 e. The summed E-state index contributed by atoms with van der Waals surface area (Å²) in [5, 5.41) is 3.33. The number of anilines is 1. The van der Waals surface area contributed by atoms with Gasteiger partial charge in [0.05, 0.1) is 14.9 Å². The fourth-order valence-corrected chi connectivity index (χ4v) is 4.96. The Bertz CT molecular complexity index is 1040. The predicted molar refractivity (Wildman–Crippen MR) is 129 cm³/mol. The lowest BCUT2D eigenvalue weighted by Crippen LogP contribution is -2.46. The number of nitrogens with zero attached hydrogens (tertiary/aromatic N) is 2. The van der Waals surface area contributed by atoms with Crippen molar-refractivity contribution in [2.75, 3.05) is 50.5 Å². The van der Waals surface area contributed by atoms with Gasteiger partial charge in [-0.1, -0.05) is 36.2 Å². The van der Waals surface area contributed by atoms with E-state index in [-0.39, 0.29) is 26.5 Å². The summed E-state index contributed by atoms with van der Waals surface area (Å²) in [6.07, 6.45) is 0.863. The van der Waals surface area contributed by atoms with Crippen LogP contribution in [0.25, 0.3) is 0 Å². The van der Waals surface area contributed by atoms with Gasteiger partial charge in [-0.25, -0.2) is 8.42 Å². The quantitative estimate of drug-likeness (QED) is 0.516. The molecule has 1 fully saturated rings. The van der Waals surface area contributed by atoms with Crippen LogP contribution in [-0.4, -0.2) is 69.9 Å². The number of carbonyl (C=O) groups is 1. The Kier molecular flexibility index (Phi) is 8.79. The highest BCUT2D eigenvalue weighted by molar-refractivity contribution is 7.92. The zero-order valence-electron chi connectivity index (χ0n) is 18.0. The largest absolute Gasteiger partial charge is 0.352 e. The van der Waals surface area contributed by atoms with Gasteiger partial charge in [-0.05, 0) is 55.9 Å². The van der Waals surface area contributed by atoms with Gasteiger partial charge in [0, 0.05) is 44.0 Å². The molecule has 0 saturated carbocycles. The molecule has 0 radical (unpaired) electrons. The summed E-state index contributed by atoms with van der Waals surface area (Å²) in [6.45, 7) is 9.07. The standard InChI is InChI=1S/C22H28Cl2N4O3S/c1-2-27-11-13-28(14-12-27)10-4-9-25-22(29)17-5-3-6-18(15-17)26-32(30,31)19-7-8-20(23)21(24)16-19/h3,5-8,15-16,26H,2,4,9-14H2,1H3,(H,25,29). The monoisotopic (exact) mass is 498 g/mol. The molecule has 0 aromatic heterocycles. The zero-order valence-corrected chi connectivity index (χ0v) is 20.3. The Labute approximate surface area is 199 Å². The minimum Gasteiger partial charge on any atom is -0.352 e. The summed E-state index contributed by atoms with van der Waals surface area (Å²) in [5.74, 6) is -0.239. The normalized spacial score (nSPS) is 15.5. The van der Waals surface area contributed by atoms with E-state index >= 15 is 0 Å².